The van der Waals surface area contributed by atoms with Crippen LogP contribution >= 0.6 is 0 Å². The highest BCUT2D eigenvalue weighted by Crippen LogP contribution is 2.28. The van der Waals surface area contributed by atoms with Crippen molar-refractivity contribution in [3.05, 3.63) is 11.4 Å². The first-order valence-electron chi connectivity index (χ1n) is 4.31. The zero-order valence-electron chi connectivity index (χ0n) is 7.40. The lowest BCUT2D eigenvalue weighted by atomic mass is 9.90. The van der Waals surface area contributed by atoms with Crippen molar-refractivity contribution >= 4 is 5.97 Å². The summed E-state index contributed by atoms with van der Waals surface area (Å²) in [6.45, 7) is 0. The van der Waals surface area contributed by atoms with Crippen LogP contribution in [0.3, 0.4) is 0 Å². The number of aliphatic carboxylic acids is 1. The van der Waals surface area contributed by atoms with Gasteiger partial charge in [0.15, 0.2) is 0 Å². The maximum atomic E-state index is 10.8. The maximum Gasteiger partial charge on any atom is 0.312 e. The molecule has 1 aromatic heterocycles. The molecule has 1 atom stereocenters. The molecule has 0 aliphatic heterocycles. The van der Waals surface area contributed by atoms with Crippen molar-refractivity contribution < 1.29 is 9.90 Å². The van der Waals surface area contributed by atoms with E-state index in [9.17, 15) is 4.79 Å². The molecule has 1 aliphatic carbocycles. The summed E-state index contributed by atoms with van der Waals surface area (Å²) in [5, 5.41) is 17.1. The fraction of sp³-hybridized carbons (Fsp3) is 0.625. The number of fused-ring (bicyclic) bond motifs is 1. The third kappa shape index (κ3) is 1.30. The molecule has 0 fully saturated rings. The number of carbonyl (C=O) groups is 1. The quantitative estimate of drug-likeness (QED) is 0.677. The van der Waals surface area contributed by atoms with Crippen LogP contribution in [0.2, 0.25) is 0 Å². The van der Waals surface area contributed by atoms with Gasteiger partial charge in [-0.05, 0) is 19.3 Å². The predicted octanol–water partition coefficient (Wildman–Crippen LogP) is 0.320. The van der Waals surface area contributed by atoms with Gasteiger partial charge in [-0.25, -0.2) is 0 Å². The van der Waals surface area contributed by atoms with E-state index in [1.807, 2.05) is 0 Å². The Bertz CT molecular complexity index is 345. The van der Waals surface area contributed by atoms with Gasteiger partial charge in [0.2, 0.25) is 0 Å². The smallest absolute Gasteiger partial charge is 0.312 e. The molecule has 13 heavy (non-hydrogen) atoms. The van der Waals surface area contributed by atoms with E-state index in [4.69, 9.17) is 5.11 Å². The third-order valence-electron chi connectivity index (χ3n) is 2.35. The van der Waals surface area contributed by atoms with E-state index in [1.165, 1.54) is 4.80 Å². The van der Waals surface area contributed by atoms with Crippen molar-refractivity contribution in [2.24, 2.45) is 7.05 Å². The molecule has 5 nitrogen and oxygen atoms in total. The molecule has 0 saturated heterocycles. The lowest BCUT2D eigenvalue weighted by Crippen LogP contribution is -2.17. The van der Waals surface area contributed by atoms with Crippen LogP contribution in [0.15, 0.2) is 0 Å². The summed E-state index contributed by atoms with van der Waals surface area (Å²) in [6, 6.07) is 0. The molecule has 0 bridgehead atoms. The summed E-state index contributed by atoms with van der Waals surface area (Å²) in [6.07, 6.45) is 2.43. The summed E-state index contributed by atoms with van der Waals surface area (Å²) in [5.41, 5.74) is 1.50. The van der Waals surface area contributed by atoms with Crippen LogP contribution in [0.1, 0.15) is 30.1 Å². The molecule has 70 valence electrons. The Balaban J connectivity index is 2.41. The molecule has 1 aromatic rings. The average Bonchev–Trinajstić information content (AvgIpc) is 2.43. The highest BCUT2D eigenvalue weighted by Gasteiger charge is 2.29. The second kappa shape index (κ2) is 2.83. The Labute approximate surface area is 75.4 Å². The summed E-state index contributed by atoms with van der Waals surface area (Å²) in [4.78, 5) is 12.3. The number of aryl methyl sites for hydroxylation is 2. The molecule has 5 heteroatoms. The molecule has 0 radical (unpaired) electrons. The largest absolute Gasteiger partial charge is 0.481 e. The van der Waals surface area contributed by atoms with Crippen LogP contribution in [-0.4, -0.2) is 26.1 Å². The molecule has 1 unspecified atom stereocenters. The van der Waals surface area contributed by atoms with Crippen LogP contribution < -0.4 is 0 Å². The van der Waals surface area contributed by atoms with Gasteiger partial charge in [-0.15, -0.1) is 0 Å². The third-order valence-corrected chi connectivity index (χ3v) is 2.35. The molecule has 1 N–H and O–H groups in total. The van der Waals surface area contributed by atoms with Crippen LogP contribution in [0.5, 0.6) is 0 Å². The number of hydrogen-bond acceptors (Lipinski definition) is 3. The van der Waals surface area contributed by atoms with E-state index < -0.39 is 11.9 Å². The number of rotatable bonds is 1. The van der Waals surface area contributed by atoms with Gasteiger partial charge in [-0.2, -0.15) is 15.0 Å². The van der Waals surface area contributed by atoms with E-state index in [1.54, 1.807) is 7.05 Å². The van der Waals surface area contributed by atoms with E-state index in [2.05, 4.69) is 10.2 Å². The fourth-order valence-corrected chi connectivity index (χ4v) is 1.76. The monoisotopic (exact) mass is 181 g/mol. The molecule has 0 amide bonds. The number of aromatic nitrogens is 3. The average molecular weight is 181 g/mol. The molecular formula is C8H11N3O2. The van der Waals surface area contributed by atoms with Crippen molar-refractivity contribution in [1.29, 1.82) is 0 Å². The SMILES string of the molecule is Cn1nc2c(n1)C(C(=O)O)CCC2. The van der Waals surface area contributed by atoms with E-state index in [0.29, 0.717) is 12.1 Å². The van der Waals surface area contributed by atoms with Crippen LogP contribution in [0, 0.1) is 0 Å². The lowest BCUT2D eigenvalue weighted by Gasteiger charge is -2.14. The molecule has 0 saturated carbocycles. The van der Waals surface area contributed by atoms with Gasteiger partial charge in [0.1, 0.15) is 11.6 Å². The van der Waals surface area contributed by atoms with Crippen molar-refractivity contribution in [1.82, 2.24) is 15.0 Å². The van der Waals surface area contributed by atoms with Gasteiger partial charge in [-0.1, -0.05) is 0 Å². The minimum absolute atomic E-state index is 0.447. The summed E-state index contributed by atoms with van der Waals surface area (Å²) < 4.78 is 0. The minimum atomic E-state index is -0.790. The zero-order chi connectivity index (χ0) is 9.42. The first-order valence-corrected chi connectivity index (χ1v) is 4.31. The first-order chi connectivity index (χ1) is 6.18. The standard InChI is InChI=1S/C8H11N3O2/c1-11-9-6-4-2-3-5(8(12)13)7(6)10-11/h5H,2-4H2,1H3,(H,12,13). The number of hydrogen-bond donors (Lipinski definition) is 1. The van der Waals surface area contributed by atoms with Crippen molar-refractivity contribution in [3.63, 3.8) is 0 Å². The molecule has 2 rings (SSSR count). The second-order valence-corrected chi connectivity index (χ2v) is 3.30. The van der Waals surface area contributed by atoms with Crippen LogP contribution in [0.4, 0.5) is 0 Å². The Morgan fingerprint density at radius 2 is 2.38 bits per heavy atom. The van der Waals surface area contributed by atoms with Gasteiger partial charge >= 0.3 is 5.97 Å². The van der Waals surface area contributed by atoms with Gasteiger partial charge in [0, 0.05) is 7.05 Å². The normalized spacial score (nSPS) is 21.2. The minimum Gasteiger partial charge on any atom is -0.481 e. The summed E-state index contributed by atoms with van der Waals surface area (Å²) >= 11 is 0. The van der Waals surface area contributed by atoms with Crippen molar-refractivity contribution in [2.75, 3.05) is 0 Å². The fourth-order valence-electron chi connectivity index (χ4n) is 1.76. The van der Waals surface area contributed by atoms with Crippen molar-refractivity contribution in [3.8, 4) is 0 Å². The van der Waals surface area contributed by atoms with Gasteiger partial charge in [-0.3, -0.25) is 4.79 Å². The second-order valence-electron chi connectivity index (χ2n) is 3.30. The first kappa shape index (κ1) is 8.22. The lowest BCUT2D eigenvalue weighted by molar-refractivity contribution is -0.139. The Hall–Kier alpha value is -1.39. The molecule has 0 spiro atoms. The molecular weight excluding hydrogens is 170 g/mol. The number of carboxylic acid groups (broad SMARTS) is 1. The van der Waals surface area contributed by atoms with Crippen LogP contribution in [0.25, 0.3) is 0 Å². The van der Waals surface area contributed by atoms with Gasteiger partial charge < -0.3 is 5.11 Å². The summed E-state index contributed by atoms with van der Waals surface area (Å²) in [5.74, 6) is -1.24. The Kier molecular flexibility index (Phi) is 1.79. The maximum absolute atomic E-state index is 10.8. The summed E-state index contributed by atoms with van der Waals surface area (Å²) in [7, 11) is 1.72. The molecule has 1 heterocycles. The topological polar surface area (TPSA) is 68.0 Å². The van der Waals surface area contributed by atoms with Gasteiger partial charge in [0.25, 0.3) is 0 Å². The van der Waals surface area contributed by atoms with E-state index in [0.717, 1.165) is 18.5 Å². The highest BCUT2D eigenvalue weighted by atomic mass is 16.4. The predicted molar refractivity (Wildman–Crippen MR) is 44.3 cm³/mol. The molecule has 0 aromatic carbocycles. The van der Waals surface area contributed by atoms with E-state index in [-0.39, 0.29) is 0 Å². The number of nitrogens with zero attached hydrogens (tertiary/aromatic N) is 3. The Morgan fingerprint density at radius 1 is 1.62 bits per heavy atom. The van der Waals surface area contributed by atoms with Crippen molar-refractivity contribution in [2.45, 2.75) is 25.2 Å². The van der Waals surface area contributed by atoms with Gasteiger partial charge in [0.05, 0.1) is 5.69 Å². The molecule has 1 aliphatic rings. The number of carboxylic acids is 1. The Morgan fingerprint density at radius 3 is 3.08 bits per heavy atom. The highest BCUT2D eigenvalue weighted by molar-refractivity contribution is 5.75. The van der Waals surface area contributed by atoms with Crippen LogP contribution in [-0.2, 0) is 18.3 Å². The zero-order valence-corrected chi connectivity index (χ0v) is 7.40. The van der Waals surface area contributed by atoms with E-state index >= 15 is 0 Å².